The summed E-state index contributed by atoms with van der Waals surface area (Å²) in [5, 5.41) is 6.94. The van der Waals surface area contributed by atoms with Crippen molar-refractivity contribution in [1.29, 1.82) is 0 Å². The Hall–Kier alpha value is -2.41. The quantitative estimate of drug-likeness (QED) is 0.821. The Balaban J connectivity index is 2.01. The van der Waals surface area contributed by atoms with Gasteiger partial charge in [0.2, 0.25) is 0 Å². The molecule has 110 valence electrons. The molecule has 0 aliphatic carbocycles. The molecule has 0 radical (unpaired) electrons. The summed E-state index contributed by atoms with van der Waals surface area (Å²) in [6, 6.07) is 8.70. The molecule has 3 N–H and O–H groups in total. The largest absolute Gasteiger partial charge is 0.487 e. The van der Waals surface area contributed by atoms with Crippen molar-refractivity contribution in [2.45, 2.75) is 6.92 Å². The number of nitrogens with zero attached hydrogens (tertiary/aromatic N) is 2. The summed E-state index contributed by atoms with van der Waals surface area (Å²) in [4.78, 5) is 12.4. The van der Waals surface area contributed by atoms with Gasteiger partial charge in [-0.05, 0) is 37.3 Å². The zero-order valence-corrected chi connectivity index (χ0v) is 12.6. The molecule has 0 aliphatic heterocycles. The smallest absolute Gasteiger partial charge is 0.273 e. The number of hydrogen-bond acceptors (Lipinski definition) is 4. The predicted molar refractivity (Wildman–Crippen MR) is 84.6 cm³/mol. The number of anilines is 1. The molecule has 0 saturated heterocycles. The van der Waals surface area contributed by atoms with Crippen molar-refractivity contribution in [2.75, 3.05) is 11.9 Å². The number of hydrogen-bond donors (Lipinski definition) is 2. The fourth-order valence-electron chi connectivity index (χ4n) is 1.81. The van der Waals surface area contributed by atoms with E-state index >= 15 is 0 Å². The standard InChI is InChI=1S/C14H16N4O2S/c1-9-7-12(18(2)17-9)14(19)16-10-3-5-11(6-4-10)20-8-13(15)21/h3-7H,8H2,1-2H3,(H2,15,21)(H,16,19). The van der Waals surface area contributed by atoms with Gasteiger partial charge in [0.05, 0.1) is 5.69 Å². The Kier molecular flexibility index (Phi) is 4.54. The van der Waals surface area contributed by atoms with E-state index in [0.717, 1.165) is 5.69 Å². The van der Waals surface area contributed by atoms with Crippen LogP contribution in [0.1, 0.15) is 16.2 Å². The monoisotopic (exact) mass is 304 g/mol. The van der Waals surface area contributed by atoms with Gasteiger partial charge in [-0.1, -0.05) is 12.2 Å². The van der Waals surface area contributed by atoms with Gasteiger partial charge in [-0.3, -0.25) is 9.48 Å². The summed E-state index contributed by atoms with van der Waals surface area (Å²) in [5.74, 6) is 0.423. The normalized spacial score (nSPS) is 10.2. The summed E-state index contributed by atoms with van der Waals surface area (Å²) in [6.45, 7) is 2.03. The molecular weight excluding hydrogens is 288 g/mol. The highest BCUT2D eigenvalue weighted by molar-refractivity contribution is 7.80. The van der Waals surface area contributed by atoms with Crippen LogP contribution in [0, 0.1) is 6.92 Å². The number of ether oxygens (including phenoxy) is 1. The molecule has 1 amide bonds. The van der Waals surface area contributed by atoms with Crippen LogP contribution in [0.5, 0.6) is 5.75 Å². The van der Waals surface area contributed by atoms with Gasteiger partial charge in [0.1, 0.15) is 23.0 Å². The van der Waals surface area contributed by atoms with E-state index < -0.39 is 0 Å². The van der Waals surface area contributed by atoms with Gasteiger partial charge in [-0.25, -0.2) is 0 Å². The lowest BCUT2D eigenvalue weighted by molar-refractivity contribution is 0.101. The number of aromatic nitrogens is 2. The Morgan fingerprint density at radius 3 is 2.62 bits per heavy atom. The van der Waals surface area contributed by atoms with Crippen molar-refractivity contribution in [3.8, 4) is 5.75 Å². The Labute approximate surface area is 127 Å². The molecule has 21 heavy (non-hydrogen) atoms. The van der Waals surface area contributed by atoms with Crippen LogP contribution in [0.4, 0.5) is 5.69 Å². The number of carbonyl (C=O) groups is 1. The van der Waals surface area contributed by atoms with Crippen LogP contribution in [0.15, 0.2) is 30.3 Å². The summed E-state index contributed by atoms with van der Waals surface area (Å²) in [7, 11) is 1.73. The first-order chi connectivity index (χ1) is 9.95. The highest BCUT2D eigenvalue weighted by Gasteiger charge is 2.11. The first-order valence-electron chi connectivity index (χ1n) is 6.29. The lowest BCUT2D eigenvalue weighted by Gasteiger charge is -2.08. The van der Waals surface area contributed by atoms with Gasteiger partial charge in [0.15, 0.2) is 0 Å². The highest BCUT2D eigenvalue weighted by atomic mass is 32.1. The fourth-order valence-corrected chi connectivity index (χ4v) is 1.87. The number of carbonyl (C=O) groups excluding carboxylic acids is 1. The molecule has 6 nitrogen and oxygen atoms in total. The van der Waals surface area contributed by atoms with Gasteiger partial charge in [-0.2, -0.15) is 5.10 Å². The third-order valence-corrected chi connectivity index (χ3v) is 2.85. The van der Waals surface area contributed by atoms with Crippen LogP contribution in [0.2, 0.25) is 0 Å². The minimum absolute atomic E-state index is 0.190. The summed E-state index contributed by atoms with van der Waals surface area (Å²) < 4.78 is 6.89. The molecule has 0 saturated carbocycles. The van der Waals surface area contributed by atoms with E-state index in [4.69, 9.17) is 22.7 Å². The Morgan fingerprint density at radius 2 is 2.10 bits per heavy atom. The van der Waals surface area contributed by atoms with Gasteiger partial charge < -0.3 is 15.8 Å². The van der Waals surface area contributed by atoms with E-state index in [-0.39, 0.29) is 12.5 Å². The Morgan fingerprint density at radius 1 is 1.43 bits per heavy atom. The predicted octanol–water partition coefficient (Wildman–Crippen LogP) is 1.65. The van der Waals surface area contributed by atoms with E-state index in [1.54, 1.807) is 42.1 Å². The topological polar surface area (TPSA) is 82.2 Å². The maximum atomic E-state index is 12.1. The maximum Gasteiger partial charge on any atom is 0.273 e. The van der Waals surface area contributed by atoms with Gasteiger partial charge in [0.25, 0.3) is 5.91 Å². The third-order valence-electron chi connectivity index (χ3n) is 2.73. The molecule has 1 heterocycles. The van der Waals surface area contributed by atoms with E-state index in [2.05, 4.69) is 10.4 Å². The summed E-state index contributed by atoms with van der Waals surface area (Å²) >= 11 is 4.73. The second-order valence-corrected chi connectivity index (χ2v) is 5.05. The van der Waals surface area contributed by atoms with Crippen LogP contribution in [0.3, 0.4) is 0 Å². The van der Waals surface area contributed by atoms with Crippen molar-refractivity contribution < 1.29 is 9.53 Å². The zero-order chi connectivity index (χ0) is 15.4. The van der Waals surface area contributed by atoms with Crippen molar-refractivity contribution in [3.05, 3.63) is 41.7 Å². The van der Waals surface area contributed by atoms with Crippen molar-refractivity contribution in [1.82, 2.24) is 9.78 Å². The molecule has 7 heteroatoms. The number of nitrogens with one attached hydrogen (secondary N) is 1. The van der Waals surface area contributed by atoms with E-state index in [1.807, 2.05) is 6.92 Å². The minimum Gasteiger partial charge on any atom is -0.487 e. The van der Waals surface area contributed by atoms with Crippen LogP contribution in [-0.2, 0) is 7.05 Å². The zero-order valence-electron chi connectivity index (χ0n) is 11.8. The highest BCUT2D eigenvalue weighted by Crippen LogP contribution is 2.16. The number of benzene rings is 1. The average molecular weight is 304 g/mol. The molecule has 0 fully saturated rings. The summed E-state index contributed by atoms with van der Waals surface area (Å²) in [5.41, 5.74) is 7.32. The molecule has 0 bridgehead atoms. The molecule has 0 aliphatic rings. The van der Waals surface area contributed by atoms with Gasteiger partial charge >= 0.3 is 0 Å². The average Bonchev–Trinajstić information content (AvgIpc) is 2.77. The van der Waals surface area contributed by atoms with E-state index in [9.17, 15) is 4.79 Å². The van der Waals surface area contributed by atoms with Crippen LogP contribution >= 0.6 is 12.2 Å². The first-order valence-corrected chi connectivity index (χ1v) is 6.69. The number of amides is 1. The lowest BCUT2D eigenvalue weighted by atomic mass is 10.3. The van der Waals surface area contributed by atoms with Crippen molar-refractivity contribution in [2.24, 2.45) is 12.8 Å². The number of nitrogens with two attached hydrogens (primary N) is 1. The van der Waals surface area contributed by atoms with Gasteiger partial charge in [-0.15, -0.1) is 0 Å². The SMILES string of the molecule is Cc1cc(C(=O)Nc2ccc(OCC(N)=S)cc2)n(C)n1. The molecule has 0 unspecified atom stereocenters. The first kappa shape index (κ1) is 15.0. The number of rotatable bonds is 5. The third kappa shape index (κ3) is 4.03. The van der Waals surface area contributed by atoms with Crippen molar-refractivity contribution >= 4 is 28.8 Å². The summed E-state index contributed by atoms with van der Waals surface area (Å²) in [6.07, 6.45) is 0. The fraction of sp³-hybridized carbons (Fsp3) is 0.214. The molecular formula is C14H16N4O2S. The Bertz CT molecular complexity index is 664. The van der Waals surface area contributed by atoms with Crippen LogP contribution < -0.4 is 15.8 Å². The minimum atomic E-state index is -0.213. The van der Waals surface area contributed by atoms with E-state index in [0.29, 0.717) is 22.1 Å². The number of thiocarbonyl (C=S) groups is 1. The molecule has 2 aromatic rings. The van der Waals surface area contributed by atoms with Gasteiger partial charge in [0, 0.05) is 12.7 Å². The second-order valence-electron chi connectivity index (χ2n) is 4.53. The second kappa shape index (κ2) is 6.36. The molecule has 1 aromatic heterocycles. The van der Waals surface area contributed by atoms with Crippen LogP contribution in [-0.4, -0.2) is 27.3 Å². The van der Waals surface area contributed by atoms with Crippen molar-refractivity contribution in [3.63, 3.8) is 0 Å². The number of aryl methyl sites for hydroxylation is 2. The van der Waals surface area contributed by atoms with Crippen LogP contribution in [0.25, 0.3) is 0 Å². The lowest BCUT2D eigenvalue weighted by Crippen LogP contribution is -2.18. The molecule has 0 atom stereocenters. The van der Waals surface area contributed by atoms with E-state index in [1.165, 1.54) is 0 Å². The maximum absolute atomic E-state index is 12.1. The molecule has 0 spiro atoms. The molecule has 1 aromatic carbocycles. The molecule has 2 rings (SSSR count).